The fourth-order valence-corrected chi connectivity index (χ4v) is 1.85. The molecule has 112 valence electrons. The van der Waals surface area contributed by atoms with Crippen molar-refractivity contribution in [1.29, 1.82) is 5.26 Å². The van der Waals surface area contributed by atoms with Gasteiger partial charge in [0.15, 0.2) is 0 Å². The van der Waals surface area contributed by atoms with E-state index in [0.29, 0.717) is 11.3 Å². The van der Waals surface area contributed by atoms with Crippen molar-refractivity contribution in [2.75, 3.05) is 5.32 Å². The molecule has 0 unspecified atom stereocenters. The zero-order valence-electron chi connectivity index (χ0n) is 11.9. The summed E-state index contributed by atoms with van der Waals surface area (Å²) < 4.78 is 0. The van der Waals surface area contributed by atoms with Gasteiger partial charge in [0.25, 0.3) is 0 Å². The van der Waals surface area contributed by atoms with Crippen molar-refractivity contribution in [3.05, 3.63) is 28.8 Å². The molecule has 0 fully saturated rings. The molecular weight excluding hydrogens is 294 g/mol. The van der Waals surface area contributed by atoms with E-state index in [1.165, 1.54) is 18.2 Å². The summed E-state index contributed by atoms with van der Waals surface area (Å²) in [7, 11) is 0. The Kier molecular flexibility index (Phi) is 5.17. The predicted octanol–water partition coefficient (Wildman–Crippen LogP) is 2.83. The monoisotopic (exact) mass is 309 g/mol. The van der Waals surface area contributed by atoms with Gasteiger partial charge in [0.05, 0.1) is 22.3 Å². The zero-order chi connectivity index (χ0) is 16.2. The number of carbonyl (C=O) groups is 2. The third kappa shape index (κ3) is 4.65. The molecule has 0 aromatic heterocycles. The molecule has 0 spiro atoms. The minimum absolute atomic E-state index is 0.201. The van der Waals surface area contributed by atoms with Gasteiger partial charge in [-0.25, -0.2) is 9.59 Å². The molecule has 0 bridgehead atoms. The largest absolute Gasteiger partial charge is 0.480 e. The summed E-state index contributed by atoms with van der Waals surface area (Å²) in [4.78, 5) is 23.1. The van der Waals surface area contributed by atoms with Crippen molar-refractivity contribution in [2.45, 2.75) is 26.8 Å². The number of amides is 2. The average Bonchev–Trinajstić information content (AvgIpc) is 2.36. The first-order valence-corrected chi connectivity index (χ1v) is 6.53. The van der Waals surface area contributed by atoms with Crippen LogP contribution < -0.4 is 10.6 Å². The normalized spacial score (nSPS) is 12.1. The Bertz CT molecular complexity index is 602. The van der Waals surface area contributed by atoms with E-state index in [-0.39, 0.29) is 5.02 Å². The van der Waals surface area contributed by atoms with Gasteiger partial charge in [-0.2, -0.15) is 5.26 Å². The third-order valence-electron chi connectivity index (χ3n) is 2.73. The second kappa shape index (κ2) is 6.46. The van der Waals surface area contributed by atoms with Crippen LogP contribution in [0.3, 0.4) is 0 Å². The van der Waals surface area contributed by atoms with Crippen LogP contribution in [0.4, 0.5) is 10.5 Å². The number of carboxylic acid groups (broad SMARTS) is 1. The van der Waals surface area contributed by atoms with Crippen LogP contribution in [-0.4, -0.2) is 23.1 Å². The lowest BCUT2D eigenvalue weighted by atomic mass is 9.87. The highest BCUT2D eigenvalue weighted by Gasteiger charge is 2.32. The highest BCUT2D eigenvalue weighted by molar-refractivity contribution is 6.33. The summed E-state index contributed by atoms with van der Waals surface area (Å²) in [5.41, 5.74) is 0.0211. The lowest BCUT2D eigenvalue weighted by Gasteiger charge is -2.27. The Balaban J connectivity index is 2.82. The first kappa shape index (κ1) is 16.8. The van der Waals surface area contributed by atoms with Gasteiger partial charge in [0.2, 0.25) is 0 Å². The third-order valence-corrected chi connectivity index (χ3v) is 3.05. The van der Waals surface area contributed by atoms with E-state index in [1.54, 1.807) is 20.8 Å². The molecule has 0 heterocycles. The van der Waals surface area contributed by atoms with Crippen LogP contribution in [0.2, 0.25) is 5.02 Å². The number of hydrogen-bond donors (Lipinski definition) is 3. The minimum Gasteiger partial charge on any atom is -0.480 e. The van der Waals surface area contributed by atoms with Crippen molar-refractivity contribution in [1.82, 2.24) is 5.32 Å². The van der Waals surface area contributed by atoms with Crippen LogP contribution in [0.1, 0.15) is 26.3 Å². The average molecular weight is 310 g/mol. The Labute approximate surface area is 127 Å². The van der Waals surface area contributed by atoms with Crippen molar-refractivity contribution in [2.24, 2.45) is 5.41 Å². The number of nitrogens with zero attached hydrogens (tertiary/aromatic N) is 1. The van der Waals surface area contributed by atoms with E-state index < -0.39 is 23.5 Å². The number of hydrogen-bond acceptors (Lipinski definition) is 3. The molecule has 21 heavy (non-hydrogen) atoms. The molecule has 0 saturated carbocycles. The van der Waals surface area contributed by atoms with Crippen LogP contribution in [-0.2, 0) is 4.79 Å². The van der Waals surface area contributed by atoms with Gasteiger partial charge in [-0.3, -0.25) is 0 Å². The molecule has 2 amide bonds. The molecule has 7 heteroatoms. The summed E-state index contributed by atoms with van der Waals surface area (Å²) in [6, 6.07) is 4.59. The van der Waals surface area contributed by atoms with Gasteiger partial charge in [0.1, 0.15) is 6.04 Å². The number of benzene rings is 1. The number of carbonyl (C=O) groups excluding carboxylic acids is 1. The molecule has 1 atom stereocenters. The fraction of sp³-hybridized carbons (Fsp3) is 0.357. The van der Waals surface area contributed by atoms with E-state index in [9.17, 15) is 9.59 Å². The van der Waals surface area contributed by atoms with Gasteiger partial charge < -0.3 is 15.7 Å². The van der Waals surface area contributed by atoms with Crippen LogP contribution in [0, 0.1) is 16.7 Å². The van der Waals surface area contributed by atoms with Gasteiger partial charge in [-0.1, -0.05) is 32.4 Å². The second-order valence-electron chi connectivity index (χ2n) is 5.54. The maximum absolute atomic E-state index is 11.9. The second-order valence-corrected chi connectivity index (χ2v) is 5.95. The minimum atomic E-state index is -1.12. The summed E-state index contributed by atoms with van der Waals surface area (Å²) in [5, 5.41) is 22.9. The van der Waals surface area contributed by atoms with E-state index in [1.807, 2.05) is 6.07 Å². The highest BCUT2D eigenvalue weighted by atomic mass is 35.5. The number of aliphatic carboxylic acids is 1. The Hall–Kier alpha value is -2.26. The zero-order valence-corrected chi connectivity index (χ0v) is 12.7. The van der Waals surface area contributed by atoms with Crippen molar-refractivity contribution < 1.29 is 14.7 Å². The molecule has 0 aliphatic rings. The lowest BCUT2D eigenvalue weighted by molar-refractivity contribution is -0.141. The van der Waals surface area contributed by atoms with Gasteiger partial charge >= 0.3 is 12.0 Å². The number of halogens is 1. The molecule has 0 aliphatic carbocycles. The number of carboxylic acids is 1. The van der Waals surface area contributed by atoms with Crippen molar-refractivity contribution >= 4 is 29.3 Å². The number of rotatable bonds is 3. The highest BCUT2D eigenvalue weighted by Crippen LogP contribution is 2.23. The lowest BCUT2D eigenvalue weighted by Crippen LogP contribution is -2.50. The summed E-state index contributed by atoms with van der Waals surface area (Å²) in [6.07, 6.45) is 0. The maximum atomic E-state index is 11.9. The van der Waals surface area contributed by atoms with E-state index in [4.69, 9.17) is 22.0 Å². The first-order chi connectivity index (χ1) is 9.65. The SMILES string of the molecule is CC(C)(C)[C@@H](NC(=O)Nc1ccc(C#N)cc1Cl)C(=O)O. The van der Waals surface area contributed by atoms with Crippen molar-refractivity contribution in [3.63, 3.8) is 0 Å². The van der Waals surface area contributed by atoms with Crippen LogP contribution >= 0.6 is 11.6 Å². The number of nitriles is 1. The molecule has 3 N–H and O–H groups in total. The van der Waals surface area contributed by atoms with E-state index in [2.05, 4.69) is 10.6 Å². The topological polar surface area (TPSA) is 102 Å². The molecule has 6 nitrogen and oxygen atoms in total. The van der Waals surface area contributed by atoms with Crippen LogP contribution in [0.15, 0.2) is 18.2 Å². The summed E-state index contributed by atoms with van der Waals surface area (Å²) >= 11 is 5.93. The smallest absolute Gasteiger partial charge is 0.326 e. The number of urea groups is 1. The van der Waals surface area contributed by atoms with Gasteiger partial charge in [-0.15, -0.1) is 0 Å². The standard InChI is InChI=1S/C14H16ClN3O3/c1-14(2,3)11(12(19)20)18-13(21)17-10-5-4-8(7-16)6-9(10)15/h4-6,11H,1-3H3,(H,19,20)(H2,17,18,21)/t11-/m0/s1. The maximum Gasteiger partial charge on any atom is 0.326 e. The quantitative estimate of drug-likeness (QED) is 0.798. The Morgan fingerprint density at radius 1 is 1.38 bits per heavy atom. The molecular formula is C14H16ClN3O3. The molecule has 1 aromatic carbocycles. The van der Waals surface area contributed by atoms with Gasteiger partial charge in [-0.05, 0) is 23.6 Å². The summed E-state index contributed by atoms with van der Waals surface area (Å²) in [6.45, 7) is 5.13. The Morgan fingerprint density at radius 2 is 2.00 bits per heavy atom. The van der Waals surface area contributed by atoms with Gasteiger partial charge in [0, 0.05) is 0 Å². The van der Waals surface area contributed by atoms with Crippen LogP contribution in [0.5, 0.6) is 0 Å². The number of nitrogens with one attached hydrogen (secondary N) is 2. The van der Waals surface area contributed by atoms with Crippen LogP contribution in [0.25, 0.3) is 0 Å². The Morgan fingerprint density at radius 3 is 2.43 bits per heavy atom. The molecule has 0 radical (unpaired) electrons. The molecule has 1 rings (SSSR count). The molecule has 1 aromatic rings. The summed E-state index contributed by atoms with van der Waals surface area (Å²) in [5.74, 6) is -1.12. The molecule has 0 saturated heterocycles. The fourth-order valence-electron chi connectivity index (χ4n) is 1.62. The first-order valence-electron chi connectivity index (χ1n) is 6.15. The molecule has 0 aliphatic heterocycles. The van der Waals surface area contributed by atoms with E-state index in [0.717, 1.165) is 0 Å². The van der Waals surface area contributed by atoms with Crippen molar-refractivity contribution in [3.8, 4) is 6.07 Å². The van der Waals surface area contributed by atoms with E-state index >= 15 is 0 Å². The number of anilines is 1. The predicted molar refractivity (Wildman–Crippen MR) is 79.2 cm³/mol.